The quantitative estimate of drug-likeness (QED) is 0.321. The zero-order valence-electron chi connectivity index (χ0n) is 8.34. The van der Waals surface area contributed by atoms with Crippen LogP contribution in [-0.2, 0) is 4.79 Å². The van der Waals surface area contributed by atoms with Crippen molar-refractivity contribution in [2.24, 2.45) is 0 Å². The molecule has 2 heteroatoms. The Morgan fingerprint density at radius 1 is 1.29 bits per heavy atom. The second-order valence-corrected chi connectivity index (χ2v) is 2.06. The number of hydrogen-bond donors (Lipinski definition) is 1. The lowest BCUT2D eigenvalue weighted by Crippen LogP contribution is -1.94. The first-order chi connectivity index (χ1) is 6.57. The lowest BCUT2D eigenvalue weighted by molar-refractivity contribution is -0.132. The van der Waals surface area contributed by atoms with Crippen LogP contribution in [0.15, 0.2) is 49.6 Å². The molecular formula is C12H14O2. The van der Waals surface area contributed by atoms with Crippen molar-refractivity contribution in [2.45, 2.75) is 6.92 Å². The fourth-order valence-corrected chi connectivity index (χ4v) is 0.475. The van der Waals surface area contributed by atoms with Crippen molar-refractivity contribution >= 4 is 5.97 Å². The molecule has 0 unspecified atom stereocenters. The molecule has 0 aliphatic heterocycles. The third kappa shape index (κ3) is 8.09. The van der Waals surface area contributed by atoms with Crippen molar-refractivity contribution in [3.05, 3.63) is 49.6 Å². The molecular weight excluding hydrogens is 176 g/mol. The number of allylic oxidation sites excluding steroid dienone is 2. The molecule has 0 saturated heterocycles. The van der Waals surface area contributed by atoms with Gasteiger partial charge < -0.3 is 5.11 Å². The Hall–Kier alpha value is -2.01. The average molecular weight is 190 g/mol. The molecule has 0 heterocycles. The summed E-state index contributed by atoms with van der Waals surface area (Å²) in [5, 5.41) is 8.41. The van der Waals surface area contributed by atoms with Gasteiger partial charge in [0.1, 0.15) is 0 Å². The van der Waals surface area contributed by atoms with Gasteiger partial charge in [0.2, 0.25) is 0 Å². The number of hydrogen-bond acceptors (Lipinski definition) is 1. The second-order valence-electron chi connectivity index (χ2n) is 2.06. The van der Waals surface area contributed by atoms with Gasteiger partial charge in [0, 0.05) is 5.57 Å². The summed E-state index contributed by atoms with van der Waals surface area (Å²) in [6.07, 6.45) is 2.89. The van der Waals surface area contributed by atoms with Gasteiger partial charge in [0.15, 0.2) is 0 Å². The first kappa shape index (κ1) is 14.5. The van der Waals surface area contributed by atoms with Gasteiger partial charge in [-0.1, -0.05) is 19.1 Å². The summed E-state index contributed by atoms with van der Waals surface area (Å²) >= 11 is 0. The minimum absolute atomic E-state index is 0.0223. The fourth-order valence-electron chi connectivity index (χ4n) is 0.475. The van der Waals surface area contributed by atoms with Crippen LogP contribution in [0.4, 0.5) is 0 Å². The molecule has 2 nitrogen and oxygen atoms in total. The highest BCUT2D eigenvalue weighted by molar-refractivity contribution is 5.89. The lowest BCUT2D eigenvalue weighted by Gasteiger charge is -1.88. The molecule has 0 rings (SSSR count). The minimum Gasteiger partial charge on any atom is -0.478 e. The molecule has 0 saturated carbocycles. The molecule has 0 aromatic carbocycles. The third-order valence-electron chi connectivity index (χ3n) is 1.05. The van der Waals surface area contributed by atoms with Crippen LogP contribution in [0.5, 0.6) is 0 Å². The highest BCUT2D eigenvalue weighted by atomic mass is 16.4. The molecule has 74 valence electrons. The molecule has 0 amide bonds. The van der Waals surface area contributed by atoms with Crippen LogP contribution in [0.25, 0.3) is 0 Å². The zero-order valence-corrected chi connectivity index (χ0v) is 8.34. The van der Waals surface area contributed by atoms with E-state index in [1.807, 2.05) is 0 Å². The molecule has 0 aromatic rings. The fraction of sp³-hybridized carbons (Fsp3) is 0.0833. The van der Waals surface area contributed by atoms with Crippen LogP contribution in [0, 0.1) is 11.8 Å². The van der Waals surface area contributed by atoms with E-state index in [0.717, 1.165) is 0 Å². The predicted octanol–water partition coefficient (Wildman–Crippen LogP) is 2.57. The number of rotatable bonds is 3. The number of carboxylic acid groups (broad SMARTS) is 1. The van der Waals surface area contributed by atoms with Crippen molar-refractivity contribution in [1.29, 1.82) is 0 Å². The molecule has 0 radical (unpaired) electrons. The molecule has 0 spiro atoms. The smallest absolute Gasteiger partial charge is 0.335 e. The molecule has 0 aliphatic carbocycles. The van der Waals surface area contributed by atoms with Gasteiger partial charge >= 0.3 is 5.97 Å². The van der Waals surface area contributed by atoms with E-state index in [9.17, 15) is 4.79 Å². The minimum atomic E-state index is -1.04. The Labute approximate surface area is 85.0 Å². The van der Waals surface area contributed by atoms with E-state index < -0.39 is 5.97 Å². The van der Waals surface area contributed by atoms with Crippen molar-refractivity contribution in [3.63, 3.8) is 0 Å². The first-order valence-corrected chi connectivity index (χ1v) is 3.80. The van der Waals surface area contributed by atoms with Crippen molar-refractivity contribution < 1.29 is 9.90 Å². The Morgan fingerprint density at radius 2 is 1.79 bits per heavy atom. The summed E-state index contributed by atoms with van der Waals surface area (Å²) < 4.78 is 0. The van der Waals surface area contributed by atoms with E-state index in [4.69, 9.17) is 5.11 Å². The highest BCUT2D eigenvalue weighted by Crippen LogP contribution is 1.96. The van der Waals surface area contributed by atoms with E-state index in [2.05, 4.69) is 38.2 Å². The highest BCUT2D eigenvalue weighted by Gasteiger charge is 1.96. The summed E-state index contributed by atoms with van der Waals surface area (Å²) in [6.45, 7) is 14.6. The van der Waals surface area contributed by atoms with Crippen LogP contribution >= 0.6 is 0 Å². The molecule has 14 heavy (non-hydrogen) atoms. The Morgan fingerprint density at radius 3 is 2.14 bits per heavy atom. The van der Waals surface area contributed by atoms with Crippen molar-refractivity contribution in [2.75, 3.05) is 0 Å². The summed E-state index contributed by atoms with van der Waals surface area (Å²) in [4.78, 5) is 10.3. The van der Waals surface area contributed by atoms with Gasteiger partial charge in [0.05, 0.1) is 5.57 Å². The molecule has 0 aromatic heterocycles. The molecule has 0 bridgehead atoms. The maximum absolute atomic E-state index is 10.3. The van der Waals surface area contributed by atoms with Gasteiger partial charge in [-0.3, -0.25) is 0 Å². The van der Waals surface area contributed by atoms with Gasteiger partial charge in [0.25, 0.3) is 0 Å². The topological polar surface area (TPSA) is 37.3 Å². The van der Waals surface area contributed by atoms with E-state index in [-0.39, 0.29) is 5.57 Å². The molecule has 0 fully saturated rings. The number of aliphatic carboxylic acids is 1. The van der Waals surface area contributed by atoms with Crippen LogP contribution in [0.2, 0.25) is 0 Å². The van der Waals surface area contributed by atoms with Gasteiger partial charge in [-0.25, -0.2) is 4.79 Å². The standard InChI is InChI=1S/C10H10O2.C2H4/c1-4-5-8(2)6-7-9(3)10(11)12;1-2/h6-7H,2-3H2,1H3,(H,11,12);1-2H2/b7-6-;. The van der Waals surface area contributed by atoms with E-state index in [1.54, 1.807) is 6.92 Å². The van der Waals surface area contributed by atoms with E-state index in [0.29, 0.717) is 5.57 Å². The van der Waals surface area contributed by atoms with Crippen LogP contribution < -0.4 is 0 Å². The Bertz CT molecular complexity index is 311. The number of carboxylic acids is 1. The summed E-state index contributed by atoms with van der Waals surface area (Å²) in [6, 6.07) is 0. The summed E-state index contributed by atoms with van der Waals surface area (Å²) in [7, 11) is 0. The maximum Gasteiger partial charge on any atom is 0.335 e. The van der Waals surface area contributed by atoms with Crippen molar-refractivity contribution in [3.8, 4) is 11.8 Å². The Balaban J connectivity index is 0. The van der Waals surface area contributed by atoms with Crippen molar-refractivity contribution in [1.82, 2.24) is 0 Å². The average Bonchev–Trinajstić information content (AvgIpc) is 2.17. The van der Waals surface area contributed by atoms with Gasteiger partial charge in [-0.15, -0.1) is 19.1 Å². The largest absolute Gasteiger partial charge is 0.478 e. The lowest BCUT2D eigenvalue weighted by atomic mass is 10.2. The van der Waals surface area contributed by atoms with Crippen LogP contribution in [-0.4, -0.2) is 11.1 Å². The third-order valence-corrected chi connectivity index (χ3v) is 1.05. The number of carbonyl (C=O) groups is 1. The monoisotopic (exact) mass is 190 g/mol. The summed E-state index contributed by atoms with van der Waals surface area (Å²) in [5.74, 6) is 4.28. The summed E-state index contributed by atoms with van der Waals surface area (Å²) in [5.41, 5.74) is 0.592. The Kier molecular flexibility index (Phi) is 9.41. The first-order valence-electron chi connectivity index (χ1n) is 3.80. The predicted molar refractivity (Wildman–Crippen MR) is 59.8 cm³/mol. The second kappa shape index (κ2) is 9.08. The van der Waals surface area contributed by atoms with E-state index >= 15 is 0 Å². The van der Waals surface area contributed by atoms with Gasteiger partial charge in [-0.05, 0) is 19.1 Å². The van der Waals surface area contributed by atoms with E-state index in [1.165, 1.54) is 12.2 Å². The normalized spacial score (nSPS) is 7.79. The molecule has 0 aliphatic rings. The van der Waals surface area contributed by atoms with Gasteiger partial charge in [-0.2, -0.15) is 0 Å². The molecule has 0 atom stereocenters. The van der Waals surface area contributed by atoms with Crippen LogP contribution in [0.3, 0.4) is 0 Å². The SMILES string of the molecule is C=C.C=C(C#CC)/C=C\C(=C)C(=O)O. The van der Waals surface area contributed by atoms with Crippen LogP contribution in [0.1, 0.15) is 6.92 Å². The molecule has 1 N–H and O–H groups in total. The zero-order chi connectivity index (χ0) is 11.6. The maximum atomic E-state index is 10.3.